The average Bonchev–Trinajstić information content (AvgIpc) is 2.69. The van der Waals surface area contributed by atoms with Crippen molar-refractivity contribution in [2.75, 3.05) is 20.1 Å². The van der Waals surface area contributed by atoms with E-state index in [4.69, 9.17) is 0 Å². The molecule has 1 aromatic heterocycles. The van der Waals surface area contributed by atoms with Gasteiger partial charge in [0.05, 0.1) is 22.6 Å². The van der Waals surface area contributed by atoms with Crippen LogP contribution in [0, 0.1) is 0 Å². The van der Waals surface area contributed by atoms with Gasteiger partial charge in [-0.25, -0.2) is 4.98 Å². The van der Waals surface area contributed by atoms with E-state index in [-0.39, 0.29) is 44.8 Å². The quantitative estimate of drug-likeness (QED) is 0.447. The van der Waals surface area contributed by atoms with Crippen LogP contribution in [0.25, 0.3) is 28.3 Å². The Morgan fingerprint density at radius 1 is 1.21 bits per heavy atom. The Hall–Kier alpha value is -3.46. The van der Waals surface area contributed by atoms with Crippen molar-refractivity contribution >= 4 is 34.2 Å². The number of piperidine rings is 1. The number of aliphatic hydroxyl groups is 1. The molecule has 3 aromatic rings. The lowest BCUT2D eigenvalue weighted by molar-refractivity contribution is 0.0918. The average molecular weight is 396 g/mol. The number of phenolic OH excluding ortho intramolecular Hbond substituents is 1. The van der Waals surface area contributed by atoms with E-state index in [0.717, 1.165) is 32.0 Å². The normalized spacial score (nSPS) is 16.5. The second-order valence-corrected chi connectivity index (χ2v) is 7.28. The van der Waals surface area contributed by atoms with Crippen LogP contribution in [0.3, 0.4) is 0 Å². The lowest BCUT2D eigenvalue weighted by Crippen LogP contribution is -2.43. The van der Waals surface area contributed by atoms with Gasteiger partial charge in [0.25, 0.3) is 5.91 Å². The molecule has 0 aliphatic carbocycles. The molecule has 1 aliphatic heterocycles. The molecule has 9 heteroatoms. The maximum absolute atomic E-state index is 12.9. The molecule has 1 aliphatic rings. The van der Waals surface area contributed by atoms with Crippen LogP contribution < -0.4 is 21.4 Å². The Bertz CT molecular complexity index is 1290. The third kappa shape index (κ3) is 3.29. The standard InChI is InChI=1S/C20H20N4O5/c1-24-6-4-10(5-7-24)21-20(29)11-2-3-13(26)18-16(11)22-19-15(28)8-14(27)12(9-25)17(19)23-18/h2-3,8-10,22,25,27H,4-7H2,1H3,(H,21,29). The van der Waals surface area contributed by atoms with Crippen LogP contribution in [0.5, 0.6) is 5.75 Å². The molecule has 0 saturated carbocycles. The smallest absolute Gasteiger partial charge is 0.253 e. The monoisotopic (exact) mass is 396 g/mol. The van der Waals surface area contributed by atoms with E-state index in [9.17, 15) is 24.6 Å². The summed E-state index contributed by atoms with van der Waals surface area (Å²) >= 11 is 0. The van der Waals surface area contributed by atoms with E-state index >= 15 is 0 Å². The van der Waals surface area contributed by atoms with Gasteiger partial charge in [-0.05, 0) is 45.1 Å². The van der Waals surface area contributed by atoms with Gasteiger partial charge < -0.3 is 25.4 Å². The van der Waals surface area contributed by atoms with E-state index in [1.165, 1.54) is 12.1 Å². The third-order valence-corrected chi connectivity index (χ3v) is 5.32. The fraction of sp³-hybridized carbons (Fsp3) is 0.300. The number of aromatic hydroxyl groups is 1. The maximum atomic E-state index is 12.9. The van der Waals surface area contributed by atoms with Gasteiger partial charge in [0.1, 0.15) is 22.3 Å². The van der Waals surface area contributed by atoms with Crippen molar-refractivity contribution in [2.24, 2.45) is 0 Å². The van der Waals surface area contributed by atoms with Gasteiger partial charge in [-0.1, -0.05) is 0 Å². The molecule has 0 bridgehead atoms. The second kappa shape index (κ2) is 7.17. The lowest BCUT2D eigenvalue weighted by atomic mass is 10.0. The molecule has 0 spiro atoms. The van der Waals surface area contributed by atoms with Crippen molar-refractivity contribution < 1.29 is 15.0 Å². The predicted molar refractivity (Wildman–Crippen MR) is 108 cm³/mol. The zero-order chi connectivity index (χ0) is 20.7. The minimum absolute atomic E-state index is 0.0189. The number of aromatic amines is 1. The van der Waals surface area contributed by atoms with Crippen molar-refractivity contribution in [1.82, 2.24) is 20.2 Å². The second-order valence-electron chi connectivity index (χ2n) is 7.28. The van der Waals surface area contributed by atoms with Crippen LogP contribution in [0.1, 0.15) is 23.2 Å². The number of rotatable bonds is 2. The van der Waals surface area contributed by atoms with E-state index < -0.39 is 16.6 Å². The number of hydrogen-bond acceptors (Lipinski definition) is 7. The summed E-state index contributed by atoms with van der Waals surface area (Å²) in [5.41, 5.74) is -0.799. The number of aliphatic hydroxyl groups excluding tert-OH is 1. The fourth-order valence-electron chi connectivity index (χ4n) is 3.66. The Morgan fingerprint density at radius 3 is 2.62 bits per heavy atom. The number of hydrogen-bond donors (Lipinski definition) is 4. The van der Waals surface area contributed by atoms with Crippen LogP contribution in [-0.2, 0) is 0 Å². The van der Waals surface area contributed by atoms with Gasteiger partial charge in [-0.2, -0.15) is 0 Å². The minimum atomic E-state index is -0.574. The minimum Gasteiger partial charge on any atom is -0.515 e. The maximum Gasteiger partial charge on any atom is 0.253 e. The third-order valence-electron chi connectivity index (χ3n) is 5.32. The zero-order valence-corrected chi connectivity index (χ0v) is 15.7. The highest BCUT2D eigenvalue weighted by molar-refractivity contribution is 6.06. The summed E-state index contributed by atoms with van der Waals surface area (Å²) in [6.07, 6.45) is 2.26. The summed E-state index contributed by atoms with van der Waals surface area (Å²) < 4.78 is 0. The van der Waals surface area contributed by atoms with Gasteiger partial charge in [-0.3, -0.25) is 14.4 Å². The molecular formula is C20H20N4O5. The zero-order valence-electron chi connectivity index (χ0n) is 15.7. The highest BCUT2D eigenvalue weighted by Crippen LogP contribution is 2.17. The van der Waals surface area contributed by atoms with Crippen molar-refractivity contribution in [3.63, 3.8) is 0 Å². The van der Waals surface area contributed by atoms with Gasteiger partial charge in [0, 0.05) is 12.1 Å². The van der Waals surface area contributed by atoms with E-state index in [1.54, 1.807) is 0 Å². The van der Waals surface area contributed by atoms with E-state index in [1.807, 2.05) is 7.05 Å². The van der Waals surface area contributed by atoms with Crippen molar-refractivity contribution in [2.45, 2.75) is 18.9 Å². The molecule has 1 amide bonds. The fourth-order valence-corrected chi connectivity index (χ4v) is 3.66. The first-order chi connectivity index (χ1) is 13.9. The van der Waals surface area contributed by atoms with E-state index in [0.29, 0.717) is 6.26 Å². The first-order valence-corrected chi connectivity index (χ1v) is 9.25. The molecule has 4 N–H and O–H groups in total. The summed E-state index contributed by atoms with van der Waals surface area (Å²) in [7, 11) is 2.03. The lowest BCUT2D eigenvalue weighted by Gasteiger charge is -2.29. The number of likely N-dealkylation sites (tertiary alicyclic amines) is 1. The number of benzene rings is 2. The van der Waals surface area contributed by atoms with Gasteiger partial charge in [0.15, 0.2) is 0 Å². The number of H-pyrrole nitrogens is 1. The SMILES string of the molecule is CN1CCC(NC(=O)c2ccc(=O)c3nc4c(=CO)c(O)cc(=O)c4[nH]c23)CC1. The number of amides is 1. The summed E-state index contributed by atoms with van der Waals surface area (Å²) in [6.45, 7) is 1.76. The van der Waals surface area contributed by atoms with Gasteiger partial charge in [0.2, 0.25) is 10.9 Å². The molecule has 150 valence electrons. The number of nitrogens with zero attached hydrogens (tertiary/aromatic N) is 2. The number of carbonyl (C=O) groups is 1. The summed E-state index contributed by atoms with van der Waals surface area (Å²) in [5.74, 6) is -0.809. The number of fused-ring (bicyclic) bond motifs is 2. The topological polar surface area (TPSA) is 136 Å². The predicted octanol–water partition coefficient (Wildman–Crippen LogP) is -0.0190. The van der Waals surface area contributed by atoms with Crippen molar-refractivity contribution in [3.8, 4) is 5.75 Å². The molecule has 0 radical (unpaired) electrons. The van der Waals surface area contributed by atoms with Crippen molar-refractivity contribution in [1.29, 1.82) is 0 Å². The molecule has 2 aromatic carbocycles. The largest absolute Gasteiger partial charge is 0.515 e. The first kappa shape index (κ1) is 18.9. The summed E-state index contributed by atoms with van der Waals surface area (Å²) in [6, 6.07) is 3.61. The molecule has 1 fully saturated rings. The van der Waals surface area contributed by atoms with Crippen LogP contribution in [0.15, 0.2) is 27.8 Å². The molecule has 0 atom stereocenters. The molecule has 29 heavy (non-hydrogen) atoms. The number of carbonyl (C=O) groups excluding carboxylic acids is 1. The van der Waals surface area contributed by atoms with Gasteiger partial charge in [-0.15, -0.1) is 0 Å². The molecular weight excluding hydrogens is 376 g/mol. The molecule has 9 nitrogen and oxygen atoms in total. The number of nitrogens with one attached hydrogen (secondary N) is 2. The number of aromatic nitrogens is 2. The van der Waals surface area contributed by atoms with Gasteiger partial charge >= 0.3 is 0 Å². The Morgan fingerprint density at radius 2 is 1.93 bits per heavy atom. The summed E-state index contributed by atoms with van der Waals surface area (Å²) in [5, 5.41) is 22.2. The number of phenols is 1. The van der Waals surface area contributed by atoms with Crippen molar-refractivity contribution in [3.05, 3.63) is 49.4 Å². The van der Waals surface area contributed by atoms with E-state index in [2.05, 4.69) is 20.2 Å². The first-order valence-electron chi connectivity index (χ1n) is 9.25. The Labute approximate surface area is 164 Å². The van der Waals surface area contributed by atoms with Crippen LogP contribution in [0.4, 0.5) is 0 Å². The highest BCUT2D eigenvalue weighted by atomic mass is 16.3. The molecule has 4 rings (SSSR count). The molecule has 0 unspecified atom stereocenters. The Kier molecular flexibility index (Phi) is 4.67. The van der Waals surface area contributed by atoms with Crippen LogP contribution in [-0.4, -0.2) is 57.2 Å². The molecule has 2 heterocycles. The molecule has 1 saturated heterocycles. The Balaban J connectivity index is 1.87. The van der Waals surface area contributed by atoms with Crippen LogP contribution in [0.2, 0.25) is 0 Å². The van der Waals surface area contributed by atoms with Crippen LogP contribution >= 0.6 is 0 Å². The highest BCUT2D eigenvalue weighted by Gasteiger charge is 2.22. The summed E-state index contributed by atoms with van der Waals surface area (Å²) in [4.78, 5) is 46.8.